The predicted molar refractivity (Wildman–Crippen MR) is 193 cm³/mol. The van der Waals surface area contributed by atoms with E-state index in [0.29, 0.717) is 51.6 Å². The zero-order valence-electron chi connectivity index (χ0n) is 27.9. The molecule has 0 fully saturated rings. The smallest absolute Gasteiger partial charge is 0.296 e. The Labute approximate surface area is 284 Å². The molecule has 5 N–H and O–H groups in total. The molecule has 0 bridgehead atoms. The minimum absolute atomic E-state index is 0.0795. The van der Waals surface area contributed by atoms with Crippen LogP contribution >= 0.6 is 0 Å². The fourth-order valence-corrected chi connectivity index (χ4v) is 6.89. The number of hydrogen-bond donors (Lipinski definition) is 4. The van der Waals surface area contributed by atoms with Gasteiger partial charge in [-0.25, -0.2) is 19.6 Å². The number of ether oxygens (including phenoxy) is 1. The van der Waals surface area contributed by atoms with Gasteiger partial charge in [0.2, 0.25) is 0 Å². The van der Waals surface area contributed by atoms with E-state index in [1.165, 1.54) is 18.5 Å². The Balaban J connectivity index is 1.48. The topological polar surface area (TPSA) is 184 Å². The van der Waals surface area contributed by atoms with Gasteiger partial charge in [-0.1, -0.05) is 37.8 Å². The van der Waals surface area contributed by atoms with Gasteiger partial charge in [-0.05, 0) is 61.4 Å². The molecule has 0 radical (unpaired) electrons. The van der Waals surface area contributed by atoms with Crippen molar-refractivity contribution in [1.29, 1.82) is 0 Å². The number of benzene rings is 2. The van der Waals surface area contributed by atoms with E-state index < -0.39 is 24.3 Å². The summed E-state index contributed by atoms with van der Waals surface area (Å²) in [6, 6.07) is 15.9. The SMILES string of the molecule is Cc1ccn2nc([C@H](C)Nc3ncnc4c3c(-c3cc(O)cc(NS(N)(=O)=O)c3)cn4COCC[Si](C)(C)C)n(-c3ccccc3)c(=O)c12. The van der Waals surface area contributed by atoms with Gasteiger partial charge in [0.05, 0.1) is 22.8 Å². The summed E-state index contributed by atoms with van der Waals surface area (Å²) in [5.41, 5.74) is 3.44. The quantitative estimate of drug-likeness (QED) is 0.101. The number of nitrogens with one attached hydrogen (secondary N) is 2. The molecule has 0 amide bonds. The Morgan fingerprint density at radius 2 is 1.84 bits per heavy atom. The van der Waals surface area contributed by atoms with Crippen molar-refractivity contribution in [2.45, 2.75) is 52.3 Å². The molecule has 0 spiro atoms. The van der Waals surface area contributed by atoms with Crippen molar-refractivity contribution in [2.24, 2.45) is 5.14 Å². The summed E-state index contributed by atoms with van der Waals surface area (Å²) in [6.07, 6.45) is 5.02. The number of aryl methyl sites for hydroxylation is 1. The molecule has 0 aliphatic heterocycles. The molecule has 0 aliphatic rings. The minimum atomic E-state index is -4.11. The molecule has 0 unspecified atom stereocenters. The number of aromatic nitrogens is 6. The summed E-state index contributed by atoms with van der Waals surface area (Å²) >= 11 is 0. The van der Waals surface area contributed by atoms with E-state index in [1.54, 1.807) is 21.3 Å². The highest BCUT2D eigenvalue weighted by Gasteiger charge is 2.24. The number of phenolic OH excluding ortho intramolecular Hbond substituents is 1. The standard InChI is InChI=1S/C33H39N9O5SSi/c1-21-11-12-41-29(21)33(44)42(25-9-7-6-8-10-25)31(38-41)22(2)37-30-28-27(23-15-24(17-26(43)16-23)39-48(34,45)46)18-40(32(28)36-19-35-30)20-47-13-14-49(3,4)5/h6-12,15-19,22,39,43H,13-14,20H2,1-5H3,(H2,34,45,46)(H,35,36,37)/t22-/m0/s1. The van der Waals surface area contributed by atoms with Gasteiger partial charge in [0.1, 0.15) is 35.8 Å². The molecule has 14 nitrogen and oxygen atoms in total. The monoisotopic (exact) mass is 701 g/mol. The third kappa shape index (κ3) is 7.36. The fraction of sp³-hybridized carbons (Fsp3) is 0.273. The maximum absolute atomic E-state index is 13.9. The van der Waals surface area contributed by atoms with Crippen molar-refractivity contribution in [3.8, 4) is 22.6 Å². The number of hydrogen-bond acceptors (Lipinski definition) is 9. The van der Waals surface area contributed by atoms with Crippen LogP contribution in [0.25, 0.3) is 33.4 Å². The highest BCUT2D eigenvalue weighted by Crippen LogP contribution is 2.38. The molecule has 0 saturated carbocycles. The number of nitrogens with two attached hydrogens (primary N) is 1. The van der Waals surface area contributed by atoms with E-state index in [2.05, 4.69) is 39.6 Å². The summed E-state index contributed by atoms with van der Waals surface area (Å²) in [7, 11) is -5.45. The summed E-state index contributed by atoms with van der Waals surface area (Å²) in [6.45, 7) is 11.4. The predicted octanol–water partition coefficient (Wildman–Crippen LogP) is 5.01. The van der Waals surface area contributed by atoms with E-state index in [4.69, 9.17) is 15.0 Å². The molecule has 6 aromatic rings. The van der Waals surface area contributed by atoms with Crippen LogP contribution in [0.2, 0.25) is 25.7 Å². The van der Waals surface area contributed by atoms with Gasteiger partial charge < -0.3 is 19.7 Å². The van der Waals surface area contributed by atoms with E-state index in [1.807, 2.05) is 61.0 Å². The van der Waals surface area contributed by atoms with Gasteiger partial charge in [-0.15, -0.1) is 0 Å². The second-order valence-corrected chi connectivity index (χ2v) is 20.1. The van der Waals surface area contributed by atoms with Crippen LogP contribution in [0.5, 0.6) is 5.75 Å². The summed E-state index contributed by atoms with van der Waals surface area (Å²) in [4.78, 5) is 23.1. The van der Waals surface area contributed by atoms with Gasteiger partial charge in [0.15, 0.2) is 5.82 Å². The van der Waals surface area contributed by atoms with Crippen molar-refractivity contribution in [2.75, 3.05) is 16.6 Å². The normalized spacial score (nSPS) is 12.9. The first kappa shape index (κ1) is 33.9. The molecule has 6 rings (SSSR count). The van der Waals surface area contributed by atoms with Crippen molar-refractivity contribution < 1.29 is 18.3 Å². The largest absolute Gasteiger partial charge is 0.508 e. The Morgan fingerprint density at radius 1 is 1.08 bits per heavy atom. The Bertz CT molecular complexity index is 2330. The average Bonchev–Trinajstić information content (AvgIpc) is 3.59. The lowest BCUT2D eigenvalue weighted by Crippen LogP contribution is -2.29. The number of rotatable bonds is 12. The second kappa shape index (κ2) is 13.1. The second-order valence-electron chi connectivity index (χ2n) is 13.2. The molecule has 49 heavy (non-hydrogen) atoms. The molecule has 2 aromatic carbocycles. The van der Waals surface area contributed by atoms with Crippen molar-refractivity contribution in [3.63, 3.8) is 0 Å². The molecule has 256 valence electrons. The van der Waals surface area contributed by atoms with Gasteiger partial charge in [-0.2, -0.15) is 13.5 Å². The molecule has 0 saturated heterocycles. The molecule has 4 heterocycles. The first-order valence-electron chi connectivity index (χ1n) is 15.7. The van der Waals surface area contributed by atoms with Gasteiger partial charge in [0, 0.05) is 38.7 Å². The van der Waals surface area contributed by atoms with Crippen molar-refractivity contribution in [3.05, 3.63) is 95.1 Å². The summed E-state index contributed by atoms with van der Waals surface area (Å²) in [5, 5.41) is 24.7. The van der Waals surface area contributed by atoms with Gasteiger partial charge in [0.25, 0.3) is 15.8 Å². The molecular weight excluding hydrogens is 663 g/mol. The third-order valence-electron chi connectivity index (χ3n) is 8.04. The number of fused-ring (bicyclic) bond motifs is 2. The van der Waals surface area contributed by atoms with Crippen LogP contribution in [-0.2, 0) is 21.7 Å². The summed E-state index contributed by atoms with van der Waals surface area (Å²) < 4.78 is 37.0. The molecule has 4 aromatic heterocycles. The number of nitrogens with zero attached hydrogens (tertiary/aromatic N) is 6. The molecule has 1 atom stereocenters. The zero-order valence-corrected chi connectivity index (χ0v) is 29.7. The van der Waals surface area contributed by atoms with Crippen LogP contribution in [0, 0.1) is 6.92 Å². The maximum atomic E-state index is 13.9. The van der Waals surface area contributed by atoms with Crippen molar-refractivity contribution >= 4 is 46.3 Å². The first-order chi connectivity index (χ1) is 23.2. The highest BCUT2D eigenvalue weighted by molar-refractivity contribution is 7.90. The van der Waals surface area contributed by atoms with Crippen LogP contribution in [0.3, 0.4) is 0 Å². The number of anilines is 2. The Morgan fingerprint density at radius 3 is 2.55 bits per heavy atom. The van der Waals surface area contributed by atoms with Gasteiger partial charge >= 0.3 is 0 Å². The Kier molecular flexibility index (Phi) is 9.06. The zero-order chi connectivity index (χ0) is 35.1. The van der Waals surface area contributed by atoms with Crippen LogP contribution < -0.4 is 20.7 Å². The lowest BCUT2D eigenvalue weighted by atomic mass is 10.0. The number of aromatic hydroxyl groups is 1. The first-order valence-corrected chi connectivity index (χ1v) is 20.9. The highest BCUT2D eigenvalue weighted by atomic mass is 32.2. The Hall–Kier alpha value is -5.03. The van der Waals surface area contributed by atoms with Crippen LogP contribution in [0.15, 0.2) is 78.1 Å². The van der Waals surface area contributed by atoms with Crippen LogP contribution in [0.1, 0.15) is 24.4 Å². The van der Waals surface area contributed by atoms with Gasteiger partial charge in [-0.3, -0.25) is 14.1 Å². The lowest BCUT2D eigenvalue weighted by molar-refractivity contribution is 0.0899. The van der Waals surface area contributed by atoms with E-state index in [9.17, 15) is 18.3 Å². The fourth-order valence-electron chi connectivity index (χ4n) is 5.69. The number of para-hydroxylation sites is 1. The van der Waals surface area contributed by atoms with Crippen LogP contribution in [-0.4, -0.2) is 56.9 Å². The molecule has 16 heteroatoms. The van der Waals surface area contributed by atoms with Crippen molar-refractivity contribution in [1.82, 2.24) is 28.7 Å². The maximum Gasteiger partial charge on any atom is 0.296 e. The number of phenols is 1. The minimum Gasteiger partial charge on any atom is -0.508 e. The molecular formula is C33H39N9O5SSi. The van der Waals surface area contributed by atoms with E-state index >= 15 is 0 Å². The lowest BCUT2D eigenvalue weighted by Gasteiger charge is -2.20. The average molecular weight is 702 g/mol. The van der Waals surface area contributed by atoms with E-state index in [-0.39, 0.29) is 23.7 Å². The third-order valence-corrected chi connectivity index (χ3v) is 10.3. The van der Waals surface area contributed by atoms with Crippen LogP contribution in [0.4, 0.5) is 11.5 Å². The summed E-state index contributed by atoms with van der Waals surface area (Å²) in [5.74, 6) is 0.691. The molecule has 0 aliphatic carbocycles. The van der Waals surface area contributed by atoms with E-state index in [0.717, 1.165) is 11.6 Å².